The van der Waals surface area contributed by atoms with Gasteiger partial charge in [-0.2, -0.15) is 0 Å². The van der Waals surface area contributed by atoms with Crippen molar-refractivity contribution in [3.8, 4) is 0 Å². The van der Waals surface area contributed by atoms with Crippen LogP contribution in [-0.4, -0.2) is 24.1 Å². The molecule has 0 aliphatic heterocycles. The van der Waals surface area contributed by atoms with E-state index in [1.54, 1.807) is 50.4 Å². The average molecular weight is 348 g/mol. The molecule has 0 unspecified atom stereocenters. The molecule has 1 aromatic carbocycles. The van der Waals surface area contributed by atoms with E-state index in [2.05, 4.69) is 10.3 Å². The highest BCUT2D eigenvalue weighted by atomic mass is 31.2. The Bertz CT molecular complexity index is 740. The number of aryl methyl sites for hydroxylation is 1. The van der Waals surface area contributed by atoms with Crippen molar-refractivity contribution in [3.63, 3.8) is 0 Å². The first-order chi connectivity index (χ1) is 11.5. The van der Waals surface area contributed by atoms with Gasteiger partial charge in [-0.1, -0.05) is 18.2 Å². The topological polar surface area (TPSA) is 77.5 Å². The highest BCUT2D eigenvalue weighted by molar-refractivity contribution is 7.62. The molecule has 1 N–H and O–H groups in total. The first kappa shape index (κ1) is 18.3. The van der Waals surface area contributed by atoms with E-state index < -0.39 is 7.60 Å². The molecule has 1 aromatic heterocycles. The molecule has 0 fully saturated rings. The van der Waals surface area contributed by atoms with E-state index in [4.69, 9.17) is 9.05 Å². The van der Waals surface area contributed by atoms with Crippen LogP contribution in [0.2, 0.25) is 0 Å². The van der Waals surface area contributed by atoms with Gasteiger partial charge in [0.25, 0.3) is 5.91 Å². The third-order valence-electron chi connectivity index (χ3n) is 3.17. The lowest BCUT2D eigenvalue weighted by molar-refractivity contribution is 0.102. The number of anilines is 1. The van der Waals surface area contributed by atoms with Gasteiger partial charge in [-0.15, -0.1) is 0 Å². The number of rotatable bonds is 7. The molecule has 0 saturated carbocycles. The average Bonchev–Trinajstić information content (AvgIpc) is 2.57. The van der Waals surface area contributed by atoms with Gasteiger partial charge < -0.3 is 14.4 Å². The predicted octanol–water partition coefficient (Wildman–Crippen LogP) is 3.53. The summed E-state index contributed by atoms with van der Waals surface area (Å²) in [5.74, 6) is -0.160. The maximum absolute atomic E-state index is 13.1. The lowest BCUT2D eigenvalue weighted by atomic mass is 10.2. The molecule has 2 aromatic rings. The van der Waals surface area contributed by atoms with Gasteiger partial charge >= 0.3 is 7.60 Å². The van der Waals surface area contributed by atoms with Gasteiger partial charge in [-0.3, -0.25) is 9.36 Å². The summed E-state index contributed by atoms with van der Waals surface area (Å²) in [5, 5.41) is 2.95. The monoisotopic (exact) mass is 348 g/mol. The van der Waals surface area contributed by atoms with Gasteiger partial charge in [0.05, 0.1) is 13.2 Å². The van der Waals surface area contributed by atoms with Gasteiger partial charge in [0, 0.05) is 11.8 Å². The van der Waals surface area contributed by atoms with E-state index in [0.717, 1.165) is 5.56 Å². The van der Waals surface area contributed by atoms with Crippen molar-refractivity contribution in [2.24, 2.45) is 0 Å². The number of nitrogens with zero attached hydrogens (tertiary/aromatic N) is 1. The smallest absolute Gasteiger partial charge is 0.306 e. The van der Waals surface area contributed by atoms with Crippen LogP contribution in [0, 0.1) is 6.92 Å². The van der Waals surface area contributed by atoms with Crippen LogP contribution < -0.4 is 10.6 Å². The van der Waals surface area contributed by atoms with E-state index in [9.17, 15) is 9.36 Å². The molecule has 24 heavy (non-hydrogen) atoms. The van der Waals surface area contributed by atoms with Crippen molar-refractivity contribution in [1.82, 2.24) is 4.98 Å². The summed E-state index contributed by atoms with van der Waals surface area (Å²) in [6.07, 6.45) is 1.59. The Kier molecular flexibility index (Phi) is 6.26. The van der Waals surface area contributed by atoms with E-state index in [0.29, 0.717) is 5.56 Å². The Labute approximate surface area is 141 Å². The SMILES string of the molecule is CCOP(=O)(OCC)c1cc(C)cnc1NC(=O)c1ccccc1. The van der Waals surface area contributed by atoms with Crippen LogP contribution >= 0.6 is 7.60 Å². The number of amides is 1. The largest absolute Gasteiger partial charge is 0.365 e. The van der Waals surface area contributed by atoms with E-state index in [1.807, 2.05) is 13.0 Å². The molecular formula is C17H21N2O4P. The van der Waals surface area contributed by atoms with Crippen LogP contribution in [0.3, 0.4) is 0 Å². The molecule has 6 nitrogen and oxygen atoms in total. The minimum Gasteiger partial charge on any atom is -0.306 e. The van der Waals surface area contributed by atoms with Crippen LogP contribution in [0.4, 0.5) is 5.82 Å². The molecule has 0 saturated heterocycles. The molecule has 7 heteroatoms. The van der Waals surface area contributed by atoms with Crippen molar-refractivity contribution in [1.29, 1.82) is 0 Å². The fourth-order valence-corrected chi connectivity index (χ4v) is 3.91. The Morgan fingerprint density at radius 1 is 1.17 bits per heavy atom. The molecule has 128 valence electrons. The summed E-state index contributed by atoms with van der Waals surface area (Å²) in [6, 6.07) is 10.4. The molecule has 0 bridgehead atoms. The third kappa shape index (κ3) is 4.29. The van der Waals surface area contributed by atoms with Gasteiger partial charge in [-0.25, -0.2) is 4.98 Å². The number of benzene rings is 1. The summed E-state index contributed by atoms with van der Waals surface area (Å²) < 4.78 is 23.8. The van der Waals surface area contributed by atoms with Crippen molar-refractivity contribution in [2.75, 3.05) is 18.5 Å². The molecule has 1 amide bonds. The molecular weight excluding hydrogens is 327 g/mol. The van der Waals surface area contributed by atoms with Crippen molar-refractivity contribution >= 4 is 24.6 Å². The van der Waals surface area contributed by atoms with Crippen molar-refractivity contribution in [3.05, 3.63) is 53.7 Å². The number of hydrogen-bond donors (Lipinski definition) is 1. The second-order valence-corrected chi connectivity index (χ2v) is 7.03. The molecule has 0 aliphatic carbocycles. The number of hydrogen-bond acceptors (Lipinski definition) is 5. The zero-order valence-corrected chi connectivity index (χ0v) is 14.9. The molecule has 1 heterocycles. The number of pyridine rings is 1. The van der Waals surface area contributed by atoms with Crippen LogP contribution in [0.25, 0.3) is 0 Å². The fourth-order valence-electron chi connectivity index (χ4n) is 2.14. The highest BCUT2D eigenvalue weighted by Gasteiger charge is 2.31. The zero-order chi connectivity index (χ0) is 17.6. The normalized spacial score (nSPS) is 11.3. The molecule has 2 rings (SSSR count). The van der Waals surface area contributed by atoms with Crippen LogP contribution in [0.15, 0.2) is 42.6 Å². The standard InChI is InChI=1S/C17H21N2O4P/c1-4-22-24(21,23-5-2)15-11-13(3)12-18-16(15)19-17(20)14-9-7-6-8-10-14/h6-12H,4-5H2,1-3H3,(H,18,19,20). The molecule has 0 radical (unpaired) electrons. The zero-order valence-electron chi connectivity index (χ0n) is 14.0. The maximum atomic E-state index is 13.1. The van der Waals surface area contributed by atoms with Crippen molar-refractivity contribution in [2.45, 2.75) is 20.8 Å². The van der Waals surface area contributed by atoms with Gasteiger partial charge in [0.15, 0.2) is 0 Å². The lowest BCUT2D eigenvalue weighted by Crippen LogP contribution is -2.22. The first-order valence-electron chi connectivity index (χ1n) is 7.73. The highest BCUT2D eigenvalue weighted by Crippen LogP contribution is 2.48. The first-order valence-corrected chi connectivity index (χ1v) is 9.27. The van der Waals surface area contributed by atoms with E-state index in [1.165, 1.54) is 0 Å². The Morgan fingerprint density at radius 3 is 2.38 bits per heavy atom. The molecule has 0 spiro atoms. The van der Waals surface area contributed by atoms with Crippen LogP contribution in [0.1, 0.15) is 29.8 Å². The minimum atomic E-state index is -3.56. The van der Waals surface area contributed by atoms with E-state index in [-0.39, 0.29) is 30.2 Å². The number of nitrogens with one attached hydrogen (secondary N) is 1. The molecule has 0 aliphatic rings. The molecule has 0 atom stereocenters. The Hall–Kier alpha value is -2.01. The summed E-state index contributed by atoms with van der Waals surface area (Å²) in [4.78, 5) is 16.6. The lowest BCUT2D eigenvalue weighted by Gasteiger charge is -2.20. The summed E-state index contributed by atoms with van der Waals surface area (Å²) in [6.45, 7) is 5.73. The summed E-state index contributed by atoms with van der Waals surface area (Å²) in [5.41, 5.74) is 1.27. The number of aromatic nitrogens is 1. The Morgan fingerprint density at radius 2 is 1.79 bits per heavy atom. The maximum Gasteiger partial charge on any atom is 0.365 e. The minimum absolute atomic E-state index is 0.180. The fraction of sp³-hybridized carbons (Fsp3) is 0.294. The summed E-state index contributed by atoms with van der Waals surface area (Å²) in [7, 11) is -3.56. The number of carbonyl (C=O) groups excluding carboxylic acids is 1. The summed E-state index contributed by atoms with van der Waals surface area (Å²) >= 11 is 0. The van der Waals surface area contributed by atoms with Crippen molar-refractivity contribution < 1.29 is 18.4 Å². The van der Waals surface area contributed by atoms with Gasteiger partial charge in [0.2, 0.25) is 0 Å². The quantitative estimate of drug-likeness (QED) is 0.775. The van der Waals surface area contributed by atoms with Gasteiger partial charge in [0.1, 0.15) is 11.1 Å². The Balaban J connectivity index is 2.40. The number of carbonyl (C=O) groups is 1. The second-order valence-electron chi connectivity index (χ2n) is 5.03. The second kappa shape index (κ2) is 8.20. The van der Waals surface area contributed by atoms with Crippen LogP contribution in [-0.2, 0) is 13.6 Å². The van der Waals surface area contributed by atoms with Crippen LogP contribution in [0.5, 0.6) is 0 Å². The predicted molar refractivity (Wildman–Crippen MR) is 93.9 cm³/mol. The van der Waals surface area contributed by atoms with E-state index >= 15 is 0 Å². The van der Waals surface area contributed by atoms with Gasteiger partial charge in [-0.05, 0) is 44.5 Å². The third-order valence-corrected chi connectivity index (χ3v) is 5.29.